The van der Waals surface area contributed by atoms with Crippen LogP contribution in [-0.4, -0.2) is 20.5 Å². The number of allylic oxidation sites excluding steroid dienone is 1. The molecule has 32 heavy (non-hydrogen) atoms. The highest BCUT2D eigenvalue weighted by atomic mass is 28.4. The van der Waals surface area contributed by atoms with Crippen LogP contribution >= 0.6 is 0 Å². The third-order valence-electron chi connectivity index (χ3n) is 7.56. The minimum atomic E-state index is -1.82. The highest BCUT2D eigenvalue weighted by molar-refractivity contribution is 6.74. The molecule has 0 aliphatic heterocycles. The van der Waals surface area contributed by atoms with Crippen molar-refractivity contribution < 1.29 is 9.16 Å². The van der Waals surface area contributed by atoms with Crippen LogP contribution in [0.3, 0.4) is 0 Å². The Bertz CT molecular complexity index is 898. The fraction of sp³-hybridized carbons (Fsp3) is 0.448. The first-order valence-electron chi connectivity index (χ1n) is 11.8. The molecular weight excluding hydrogens is 408 g/mol. The lowest BCUT2D eigenvalue weighted by atomic mass is 9.67. The van der Waals surface area contributed by atoms with Gasteiger partial charge in [-0.05, 0) is 48.5 Å². The number of rotatable bonds is 10. The second kappa shape index (κ2) is 9.90. The molecule has 0 amide bonds. The standard InChI is InChI=1S/C29H40O2Si/c1-7-29(30-24-26-17-12-9-13-18-26)20-14-19-28(29,23-25-15-10-8-11-16-25)21-22-31-32(5,6)27(2,3)4/h7-18,20H,1,19,21-24H2,2-6H3/t28-,29+/m1/s1. The molecule has 0 saturated carbocycles. The van der Waals surface area contributed by atoms with E-state index in [0.717, 1.165) is 25.9 Å². The van der Waals surface area contributed by atoms with Gasteiger partial charge in [0, 0.05) is 12.0 Å². The minimum absolute atomic E-state index is 0.118. The number of hydrogen-bond donors (Lipinski definition) is 0. The van der Waals surface area contributed by atoms with Crippen LogP contribution in [0.4, 0.5) is 0 Å². The molecule has 1 aliphatic carbocycles. The Balaban J connectivity index is 1.87. The van der Waals surface area contributed by atoms with E-state index in [-0.39, 0.29) is 10.5 Å². The molecule has 0 fully saturated rings. The van der Waals surface area contributed by atoms with E-state index in [9.17, 15) is 0 Å². The molecule has 2 nitrogen and oxygen atoms in total. The Morgan fingerprint density at radius 1 is 0.969 bits per heavy atom. The van der Waals surface area contributed by atoms with E-state index < -0.39 is 13.9 Å². The molecule has 0 bridgehead atoms. The largest absolute Gasteiger partial charge is 0.417 e. The lowest BCUT2D eigenvalue weighted by Crippen LogP contribution is -2.48. The van der Waals surface area contributed by atoms with Gasteiger partial charge in [-0.1, -0.05) is 106 Å². The summed E-state index contributed by atoms with van der Waals surface area (Å²) >= 11 is 0. The van der Waals surface area contributed by atoms with Gasteiger partial charge in [-0.3, -0.25) is 0 Å². The van der Waals surface area contributed by atoms with Crippen LogP contribution < -0.4 is 0 Å². The summed E-state index contributed by atoms with van der Waals surface area (Å²) in [5.41, 5.74) is 1.88. The van der Waals surface area contributed by atoms with Crippen LogP contribution in [0.1, 0.15) is 44.7 Å². The minimum Gasteiger partial charge on any atom is -0.417 e. The zero-order chi connectivity index (χ0) is 23.3. The van der Waals surface area contributed by atoms with Crippen molar-refractivity contribution in [1.29, 1.82) is 0 Å². The average Bonchev–Trinajstić information content (AvgIpc) is 3.11. The first-order valence-corrected chi connectivity index (χ1v) is 14.7. The summed E-state index contributed by atoms with van der Waals surface area (Å²) in [7, 11) is -1.82. The molecule has 0 unspecified atom stereocenters. The highest BCUT2D eigenvalue weighted by Crippen LogP contribution is 2.51. The summed E-state index contributed by atoms with van der Waals surface area (Å²) in [4.78, 5) is 0. The predicted octanol–water partition coefficient (Wildman–Crippen LogP) is 7.73. The zero-order valence-electron chi connectivity index (χ0n) is 20.6. The molecule has 0 aromatic heterocycles. The summed E-state index contributed by atoms with van der Waals surface area (Å²) in [6.45, 7) is 17.1. The molecule has 3 rings (SSSR count). The topological polar surface area (TPSA) is 18.5 Å². The van der Waals surface area contributed by atoms with Crippen molar-refractivity contribution in [3.63, 3.8) is 0 Å². The Morgan fingerprint density at radius 2 is 1.56 bits per heavy atom. The quantitative estimate of drug-likeness (QED) is 0.273. The summed E-state index contributed by atoms with van der Waals surface area (Å²) in [5.74, 6) is 0. The van der Waals surface area contributed by atoms with Gasteiger partial charge in [-0.25, -0.2) is 0 Å². The molecule has 2 aromatic rings. The van der Waals surface area contributed by atoms with Gasteiger partial charge in [0.15, 0.2) is 8.32 Å². The van der Waals surface area contributed by atoms with E-state index in [1.165, 1.54) is 11.1 Å². The average molecular weight is 449 g/mol. The molecule has 1 aliphatic rings. The SMILES string of the molecule is C=C[C@]1(OCc2ccccc2)C=CC[C@@]1(CCO[Si](C)(C)C(C)(C)C)Cc1ccccc1. The Kier molecular flexibility index (Phi) is 7.64. The number of ether oxygens (including phenoxy) is 1. The first kappa shape index (κ1) is 24.7. The number of hydrogen-bond acceptors (Lipinski definition) is 2. The summed E-state index contributed by atoms with van der Waals surface area (Å²) in [6, 6.07) is 21.2. The van der Waals surface area contributed by atoms with Gasteiger partial charge in [0.1, 0.15) is 5.60 Å². The molecular formula is C29H40O2Si. The highest BCUT2D eigenvalue weighted by Gasteiger charge is 2.51. The van der Waals surface area contributed by atoms with E-state index >= 15 is 0 Å². The van der Waals surface area contributed by atoms with E-state index in [1.807, 2.05) is 12.1 Å². The first-order chi connectivity index (χ1) is 15.1. The van der Waals surface area contributed by atoms with E-state index in [0.29, 0.717) is 6.61 Å². The lowest BCUT2D eigenvalue weighted by Gasteiger charge is -2.45. The van der Waals surface area contributed by atoms with Crippen LogP contribution in [0.2, 0.25) is 18.1 Å². The Hall–Kier alpha value is -1.94. The normalized spacial score (nSPS) is 23.4. The predicted molar refractivity (Wildman–Crippen MR) is 138 cm³/mol. The molecule has 0 spiro atoms. The maximum atomic E-state index is 6.71. The third-order valence-corrected chi connectivity index (χ3v) is 12.1. The Morgan fingerprint density at radius 3 is 2.12 bits per heavy atom. The van der Waals surface area contributed by atoms with Crippen LogP contribution in [0, 0.1) is 5.41 Å². The van der Waals surface area contributed by atoms with Gasteiger partial charge in [-0.15, -0.1) is 0 Å². The molecule has 0 radical (unpaired) electrons. The molecule has 3 heteroatoms. The maximum absolute atomic E-state index is 6.71. The molecule has 172 valence electrons. The van der Waals surface area contributed by atoms with Gasteiger partial charge in [0.05, 0.1) is 6.61 Å². The van der Waals surface area contributed by atoms with Crippen molar-refractivity contribution in [3.8, 4) is 0 Å². The van der Waals surface area contributed by atoms with E-state index in [1.54, 1.807) is 0 Å². The molecule has 0 heterocycles. The molecule has 0 N–H and O–H groups in total. The summed E-state index contributed by atoms with van der Waals surface area (Å²) < 4.78 is 13.4. The van der Waals surface area contributed by atoms with E-state index in [2.05, 4.69) is 107 Å². The summed E-state index contributed by atoms with van der Waals surface area (Å²) in [6.07, 6.45) is 9.36. The van der Waals surface area contributed by atoms with Crippen LogP contribution in [0.5, 0.6) is 0 Å². The second-order valence-corrected chi connectivity index (χ2v) is 15.5. The van der Waals surface area contributed by atoms with Crippen molar-refractivity contribution in [3.05, 3.63) is 96.6 Å². The van der Waals surface area contributed by atoms with Crippen LogP contribution in [-0.2, 0) is 22.2 Å². The monoisotopic (exact) mass is 448 g/mol. The van der Waals surface area contributed by atoms with Crippen LogP contribution in [0.25, 0.3) is 0 Å². The molecule has 0 saturated heterocycles. The van der Waals surface area contributed by atoms with E-state index in [4.69, 9.17) is 9.16 Å². The fourth-order valence-corrected chi connectivity index (χ4v) is 5.46. The van der Waals surface area contributed by atoms with Crippen LogP contribution in [0.15, 0.2) is 85.5 Å². The van der Waals surface area contributed by atoms with Crippen molar-refractivity contribution in [2.24, 2.45) is 5.41 Å². The van der Waals surface area contributed by atoms with Gasteiger partial charge in [0.2, 0.25) is 0 Å². The maximum Gasteiger partial charge on any atom is 0.191 e. The van der Waals surface area contributed by atoms with Gasteiger partial charge < -0.3 is 9.16 Å². The fourth-order valence-electron chi connectivity index (χ4n) is 4.42. The van der Waals surface area contributed by atoms with Crippen molar-refractivity contribution >= 4 is 8.32 Å². The Labute approximate surface area is 196 Å². The van der Waals surface area contributed by atoms with Crippen molar-refractivity contribution in [1.82, 2.24) is 0 Å². The van der Waals surface area contributed by atoms with Gasteiger partial charge >= 0.3 is 0 Å². The van der Waals surface area contributed by atoms with Crippen molar-refractivity contribution in [2.75, 3.05) is 6.61 Å². The zero-order valence-corrected chi connectivity index (χ0v) is 21.6. The third kappa shape index (κ3) is 5.33. The van der Waals surface area contributed by atoms with Gasteiger partial charge in [0.25, 0.3) is 0 Å². The lowest BCUT2D eigenvalue weighted by molar-refractivity contribution is -0.0773. The van der Waals surface area contributed by atoms with Gasteiger partial charge in [-0.2, -0.15) is 0 Å². The van der Waals surface area contributed by atoms with Crippen molar-refractivity contribution in [2.45, 2.75) is 70.4 Å². The smallest absolute Gasteiger partial charge is 0.191 e. The molecule has 2 aromatic carbocycles. The summed E-state index contributed by atoms with van der Waals surface area (Å²) in [5, 5.41) is 0.201. The molecule has 2 atom stereocenters. The number of benzene rings is 2. The second-order valence-electron chi connectivity index (χ2n) is 10.7.